The molecule has 0 atom stereocenters. The fourth-order valence-electron chi connectivity index (χ4n) is 5.20. The number of aromatic carboxylic acids is 1. The topological polar surface area (TPSA) is 335 Å². The van der Waals surface area contributed by atoms with Gasteiger partial charge < -0.3 is 24.4 Å². The number of nitrogens with one attached hydrogen (secondary N) is 3. The molecule has 0 aliphatic heterocycles. The molecule has 0 saturated carbocycles. The zero-order valence-electron chi connectivity index (χ0n) is 35.3. The van der Waals surface area contributed by atoms with E-state index in [1.165, 1.54) is 20.1 Å². The number of hydrogen-bond donors (Lipinski definition) is 5. The average Bonchev–Trinajstić information content (AvgIpc) is 3.25. The number of nitro benzene ring substituents is 1. The summed E-state index contributed by atoms with van der Waals surface area (Å²) in [6.07, 6.45) is -2.34. The van der Waals surface area contributed by atoms with E-state index in [0.717, 1.165) is 41.8 Å². The third-order valence-electron chi connectivity index (χ3n) is 8.03. The molecule has 0 spiro atoms. The molecule has 6 aromatic rings. The van der Waals surface area contributed by atoms with Crippen molar-refractivity contribution in [1.82, 2.24) is 29.4 Å². The van der Waals surface area contributed by atoms with E-state index in [-0.39, 0.29) is 29.3 Å². The molecule has 370 valence electrons. The van der Waals surface area contributed by atoms with Gasteiger partial charge in [0.2, 0.25) is 16.0 Å². The Morgan fingerprint density at radius 1 is 0.871 bits per heavy atom. The number of nitrogens with zero attached hydrogens (tertiary/aromatic N) is 5. The summed E-state index contributed by atoms with van der Waals surface area (Å²) < 4.78 is 104. The molecule has 6 rings (SSSR count). The van der Waals surface area contributed by atoms with Crippen molar-refractivity contribution in [1.29, 1.82) is 0 Å². The van der Waals surface area contributed by atoms with Crippen LogP contribution in [-0.2, 0) is 31.0 Å². The first-order valence-corrected chi connectivity index (χ1v) is 23.7. The Morgan fingerprint density at radius 3 is 2.16 bits per heavy atom. The number of carbonyl (C=O) groups excluding carboxylic acids is 2. The van der Waals surface area contributed by atoms with Crippen LogP contribution in [0.4, 0.5) is 29.6 Å². The van der Waals surface area contributed by atoms with Gasteiger partial charge in [-0.25, -0.2) is 40.7 Å². The van der Waals surface area contributed by atoms with Crippen LogP contribution in [0.1, 0.15) is 32.1 Å². The van der Waals surface area contributed by atoms with Crippen molar-refractivity contribution in [2.45, 2.75) is 18.0 Å². The van der Waals surface area contributed by atoms with Crippen LogP contribution in [0.3, 0.4) is 0 Å². The number of sulfonamides is 2. The maximum Gasteiger partial charge on any atom is 0.416 e. The van der Waals surface area contributed by atoms with Gasteiger partial charge in [-0.1, -0.05) is 23.2 Å². The minimum atomic E-state index is -4.62. The van der Waals surface area contributed by atoms with Gasteiger partial charge in [-0.2, -0.15) is 28.1 Å². The second-order valence-electron chi connectivity index (χ2n) is 13.2. The van der Waals surface area contributed by atoms with Crippen LogP contribution in [0, 0.1) is 20.6 Å². The molecule has 2 aromatic heterocycles. The molecule has 4 aromatic carbocycles. The number of anilines is 1. The molecule has 2 heterocycles. The third-order valence-corrected chi connectivity index (χ3v) is 11.3. The summed E-state index contributed by atoms with van der Waals surface area (Å²) in [4.78, 5) is 70.7. The highest BCUT2D eigenvalue weighted by molar-refractivity contribution is 14.1. The van der Waals surface area contributed by atoms with Gasteiger partial charge in [0, 0.05) is 27.3 Å². The first-order valence-electron chi connectivity index (χ1n) is 18.4. The van der Waals surface area contributed by atoms with Crippen molar-refractivity contribution < 1.29 is 78.5 Å². The molecule has 70 heavy (non-hydrogen) atoms. The Hall–Kier alpha value is -7.22. The summed E-state index contributed by atoms with van der Waals surface area (Å²) in [6, 6.07) is 14.4. The highest BCUT2D eigenvalue weighted by atomic mass is 127. The number of urea groups is 1. The lowest BCUT2D eigenvalue weighted by Gasteiger charge is -2.12. The van der Waals surface area contributed by atoms with Gasteiger partial charge in [-0.3, -0.25) is 25.2 Å². The van der Waals surface area contributed by atoms with Gasteiger partial charge >= 0.3 is 30.2 Å². The van der Waals surface area contributed by atoms with E-state index in [1.807, 2.05) is 22.6 Å². The van der Waals surface area contributed by atoms with Crippen LogP contribution in [0.2, 0.25) is 10.0 Å². The lowest BCUT2D eigenvalue weighted by molar-refractivity contribution is -0.385. The van der Waals surface area contributed by atoms with Crippen molar-refractivity contribution in [3.8, 4) is 23.3 Å². The number of benzene rings is 4. The van der Waals surface area contributed by atoms with Gasteiger partial charge in [0.15, 0.2) is 6.61 Å². The molecule has 0 unspecified atom stereocenters. The number of ether oxygens (including phenoxy) is 3. The lowest BCUT2D eigenvalue weighted by Crippen LogP contribution is -2.35. The molecule has 23 nitrogen and oxygen atoms in total. The number of carboxylic acids is 2. The van der Waals surface area contributed by atoms with E-state index < -0.39 is 93.9 Å². The lowest BCUT2D eigenvalue weighted by atomic mass is 10.1. The van der Waals surface area contributed by atoms with Gasteiger partial charge in [-0.05, 0) is 96.2 Å². The van der Waals surface area contributed by atoms with Crippen molar-refractivity contribution in [2.75, 3.05) is 25.3 Å². The maximum atomic E-state index is 12.7. The molecule has 31 heteroatoms. The number of amides is 3. The van der Waals surface area contributed by atoms with E-state index in [1.54, 1.807) is 39.9 Å². The number of aliphatic carboxylic acids is 1. The number of halogens is 6. The molecule has 0 fully saturated rings. The summed E-state index contributed by atoms with van der Waals surface area (Å²) in [6.45, 7) is 1.13. The second kappa shape index (κ2) is 23.4. The molecule has 3 amide bonds. The number of nitro groups is 1. The van der Waals surface area contributed by atoms with Crippen molar-refractivity contribution >= 4 is 112 Å². The van der Waals surface area contributed by atoms with E-state index in [4.69, 9.17) is 47.6 Å². The van der Waals surface area contributed by atoms with E-state index >= 15 is 0 Å². The van der Waals surface area contributed by atoms with Crippen LogP contribution >= 0.6 is 45.8 Å². The fraction of sp³-hybridized carbons (Fsp3) is 0.128. The number of aryl methyl sites for hydroxylation is 1. The highest BCUT2D eigenvalue weighted by Gasteiger charge is 2.31. The molecule has 0 aliphatic rings. The summed E-state index contributed by atoms with van der Waals surface area (Å²) in [7, 11) is -7.14. The zero-order valence-corrected chi connectivity index (χ0v) is 40.6. The normalized spacial score (nSPS) is 11.1. The van der Waals surface area contributed by atoms with Crippen LogP contribution in [0.25, 0.3) is 10.9 Å². The minimum Gasteiger partial charge on any atom is -0.480 e. The van der Waals surface area contributed by atoms with E-state index in [0.29, 0.717) is 38.2 Å². The van der Waals surface area contributed by atoms with E-state index in [2.05, 4.69) is 25.3 Å². The SMILES string of the molecule is COc1nc(C)nc(NC(=O)NS(=O)(=O)c2cc(I)ccc2C(=O)O)n1.CS(=O)(=O)NC(=O)c1cc(Oc2ccc(C(F)(F)F)cc2Cl)ccc1[N+](=O)[O-].O=C(O)COc1ccc(Cl)c2cccnc12. The number of hydrogen-bond acceptors (Lipinski definition) is 17. The molecule has 0 saturated heterocycles. The number of carboxylic acid groups (broad SMARTS) is 2. The summed E-state index contributed by atoms with van der Waals surface area (Å²) in [5.41, 5.74) is -2.25. The Bertz CT molecular complexity index is 3250. The van der Waals surface area contributed by atoms with Crippen LogP contribution in [0.15, 0.2) is 90.0 Å². The van der Waals surface area contributed by atoms with Gasteiger partial charge in [0.05, 0.1) is 39.5 Å². The first-order chi connectivity index (χ1) is 32.6. The molecular formula is C39H30Cl2F3IN8O15S2. The summed E-state index contributed by atoms with van der Waals surface area (Å²) in [5.74, 6) is -3.73. The quantitative estimate of drug-likeness (QED) is 0.0437. The van der Waals surface area contributed by atoms with Crippen molar-refractivity contribution in [3.63, 3.8) is 0 Å². The Kier molecular flexibility index (Phi) is 18.5. The second-order valence-corrected chi connectivity index (χ2v) is 18.7. The molecular weight excluding hydrogens is 1140 g/mol. The zero-order chi connectivity index (χ0) is 52.3. The predicted molar refractivity (Wildman–Crippen MR) is 248 cm³/mol. The van der Waals surface area contributed by atoms with Crippen molar-refractivity contribution in [3.05, 3.63) is 131 Å². The average molecular weight is 1170 g/mol. The third kappa shape index (κ3) is 15.9. The smallest absolute Gasteiger partial charge is 0.416 e. The fourth-order valence-corrected chi connectivity index (χ4v) is 7.92. The van der Waals surface area contributed by atoms with Gasteiger partial charge in [0.25, 0.3) is 21.6 Å². The molecule has 0 aliphatic carbocycles. The Labute approximate surface area is 415 Å². The van der Waals surface area contributed by atoms with Gasteiger partial charge in [-0.15, -0.1) is 0 Å². The largest absolute Gasteiger partial charge is 0.480 e. The monoisotopic (exact) mass is 1170 g/mol. The molecule has 0 radical (unpaired) electrons. The number of alkyl halides is 3. The summed E-state index contributed by atoms with van der Waals surface area (Å²) >= 11 is 13.6. The number of aromatic nitrogens is 4. The van der Waals surface area contributed by atoms with Crippen LogP contribution in [0.5, 0.6) is 23.3 Å². The standard InChI is InChI=1S/C15H10ClF3N2O6S.C13H12IN5O6S.C11H8ClNO3/c1-28(25,26)20-14(22)10-7-9(3-4-12(10)21(23)24)27-13-5-2-8(6-11(13)16)15(17,18)19;1-6-15-11(18-13(16-6)25-2)17-12(22)19-26(23,24)9-5-7(14)3-4-8(9)10(20)21;12-8-3-4-9(16-6-10(14)15)11-7(8)2-1-5-13-11/h2-7H,1H3,(H,20,22);3-5H,1-2H3,(H,20,21)(H2,15,16,17,18,19,22);1-5H,6H2,(H,14,15). The van der Waals surface area contributed by atoms with Gasteiger partial charge in [0.1, 0.15) is 39.0 Å². The first kappa shape index (κ1) is 55.4. The number of pyridine rings is 1. The van der Waals surface area contributed by atoms with Crippen LogP contribution in [-0.4, -0.2) is 95.8 Å². The number of rotatable bonds is 13. The Morgan fingerprint density at radius 2 is 1.56 bits per heavy atom. The maximum absolute atomic E-state index is 12.7. The minimum absolute atomic E-state index is 0.0681. The number of methoxy groups -OCH3 is 1. The molecule has 5 N–H and O–H groups in total. The number of carbonyl (C=O) groups is 4. The van der Waals surface area contributed by atoms with E-state index in [9.17, 15) is 59.3 Å². The highest BCUT2D eigenvalue weighted by Crippen LogP contribution is 2.37. The van der Waals surface area contributed by atoms with Crippen molar-refractivity contribution in [2.24, 2.45) is 0 Å². The molecule has 0 bridgehead atoms. The summed E-state index contributed by atoms with van der Waals surface area (Å²) in [5, 5.41) is 31.8. The predicted octanol–water partition coefficient (Wildman–Crippen LogP) is 7.10. The Balaban J connectivity index is 0.000000236. The number of fused-ring (bicyclic) bond motifs is 1. The van der Waals surface area contributed by atoms with Crippen LogP contribution < -0.4 is 29.0 Å².